The third-order valence-corrected chi connectivity index (χ3v) is 11.7. The number of likely N-dealkylation sites (tertiary alicyclic amines) is 1. The molecule has 2 N–H and O–H groups in total. The van der Waals surface area contributed by atoms with Crippen LogP contribution < -0.4 is 9.80 Å². The van der Waals surface area contributed by atoms with Crippen LogP contribution >= 0.6 is 0 Å². The summed E-state index contributed by atoms with van der Waals surface area (Å²) in [6.07, 6.45) is 4.96. The molecule has 5 rings (SSSR count). The number of nitrogens with zero attached hydrogens (tertiary/aromatic N) is 3. The van der Waals surface area contributed by atoms with Gasteiger partial charge in [-0.3, -0.25) is 14.4 Å². The van der Waals surface area contributed by atoms with Crippen LogP contribution in [0.5, 0.6) is 0 Å². The first-order valence-corrected chi connectivity index (χ1v) is 17.2. The van der Waals surface area contributed by atoms with Crippen LogP contribution in [-0.2, 0) is 24.7 Å². The van der Waals surface area contributed by atoms with E-state index in [-0.39, 0.29) is 42.3 Å². The Morgan fingerprint density at radius 3 is 2.67 bits per heavy atom. The normalized spacial score (nSPS) is 30.9. The van der Waals surface area contributed by atoms with E-state index in [2.05, 4.69) is 6.58 Å². The van der Waals surface area contributed by atoms with Crippen LogP contribution in [0.15, 0.2) is 30.9 Å². The summed E-state index contributed by atoms with van der Waals surface area (Å²) < 4.78 is 6.78. The fourth-order valence-corrected chi connectivity index (χ4v) is 10.0. The summed E-state index contributed by atoms with van der Waals surface area (Å²) in [6.45, 7) is 10.9. The van der Waals surface area contributed by atoms with Gasteiger partial charge in [-0.15, -0.1) is 6.58 Å². The summed E-state index contributed by atoms with van der Waals surface area (Å²) >= 11 is 0. The Hall–Kier alpha value is -2.53. The minimum absolute atomic E-state index is 0.0403. The second-order valence-corrected chi connectivity index (χ2v) is 16.0. The number of hydrogen-bond donors (Lipinski definition) is 2. The zero-order valence-electron chi connectivity index (χ0n) is 23.3. The van der Waals surface area contributed by atoms with E-state index in [9.17, 15) is 24.3 Å². The predicted octanol–water partition coefficient (Wildman–Crippen LogP) is 2.91. The average molecular weight is 556 g/mol. The highest BCUT2D eigenvalue weighted by atomic mass is 28.4. The minimum atomic E-state index is -2.92. The van der Waals surface area contributed by atoms with Gasteiger partial charge in [0.25, 0.3) is 5.91 Å². The van der Waals surface area contributed by atoms with Gasteiger partial charge in [-0.25, -0.2) is 0 Å². The average Bonchev–Trinajstić information content (AvgIpc) is 3.55. The highest BCUT2D eigenvalue weighted by molar-refractivity contribution is 6.71. The Bertz CT molecular complexity index is 1170. The summed E-state index contributed by atoms with van der Waals surface area (Å²) in [5.41, 5.74) is 0.379. The summed E-state index contributed by atoms with van der Waals surface area (Å²) in [4.78, 5) is 57.1. The smallest absolute Gasteiger partial charge is 0.264 e. The van der Waals surface area contributed by atoms with Crippen molar-refractivity contribution in [3.63, 3.8) is 0 Å². The highest BCUT2D eigenvalue weighted by Crippen LogP contribution is 2.60. The molecule has 9 nitrogen and oxygen atoms in total. The van der Waals surface area contributed by atoms with Gasteiger partial charge in [0, 0.05) is 48.8 Å². The van der Waals surface area contributed by atoms with E-state index in [4.69, 9.17) is 4.74 Å². The lowest BCUT2D eigenvalue weighted by atomic mass is 9.82. The molecule has 0 radical (unpaired) electrons. The van der Waals surface area contributed by atoms with Gasteiger partial charge >= 0.3 is 0 Å². The van der Waals surface area contributed by atoms with Gasteiger partial charge in [0.05, 0.1) is 30.9 Å². The van der Waals surface area contributed by atoms with Crippen LogP contribution in [0.4, 0.5) is 11.4 Å². The third-order valence-electron chi connectivity index (χ3n) is 9.20. The Labute approximate surface area is 231 Å². The van der Waals surface area contributed by atoms with Gasteiger partial charge in [0.2, 0.25) is 11.8 Å². The molecule has 0 aliphatic carbocycles. The van der Waals surface area contributed by atoms with Crippen molar-refractivity contribution in [2.45, 2.75) is 81.8 Å². The highest BCUT2D eigenvalue weighted by Gasteiger charge is 2.66. The zero-order chi connectivity index (χ0) is 28.1. The van der Waals surface area contributed by atoms with E-state index >= 15 is 0 Å². The molecule has 5 atom stereocenters. The Kier molecular flexibility index (Phi) is 7.51. The number of rotatable bonds is 7. The van der Waals surface area contributed by atoms with Crippen LogP contribution in [-0.4, -0.2) is 79.2 Å². The number of amides is 3. The molecule has 3 fully saturated rings. The number of aliphatic hydroxyl groups excluding tert-OH is 1. The number of anilines is 2. The molecule has 0 unspecified atom stereocenters. The summed E-state index contributed by atoms with van der Waals surface area (Å²) in [6, 6.07) is 5.47. The molecular formula is C29H41N3O6Si. The summed E-state index contributed by atoms with van der Waals surface area (Å²) in [5, 5.41) is 9.77. The lowest BCUT2D eigenvalue weighted by Crippen LogP contribution is -2.46. The molecule has 1 spiro atoms. The molecule has 4 heterocycles. The van der Waals surface area contributed by atoms with Gasteiger partial charge in [0.1, 0.15) is 0 Å². The van der Waals surface area contributed by atoms with E-state index in [1.807, 2.05) is 38.2 Å². The number of piperidine rings is 1. The molecule has 3 saturated heterocycles. The van der Waals surface area contributed by atoms with E-state index in [0.29, 0.717) is 37.3 Å². The second-order valence-electron chi connectivity index (χ2n) is 12.0. The van der Waals surface area contributed by atoms with Crippen LogP contribution in [0.3, 0.4) is 0 Å². The lowest BCUT2D eigenvalue weighted by molar-refractivity contribution is -0.149. The van der Waals surface area contributed by atoms with Gasteiger partial charge in [0.15, 0.2) is 13.9 Å². The van der Waals surface area contributed by atoms with E-state index in [1.165, 1.54) is 0 Å². The summed E-state index contributed by atoms with van der Waals surface area (Å²) in [5.74, 6) is -0.676. The number of carbonyl (C=O) groups is 3. The Morgan fingerprint density at radius 2 is 2.00 bits per heavy atom. The molecule has 4 aliphatic rings. The SMILES string of the molecule is C=CCN1C(=O)[C@]2(O[C@H](CC(=O)N3CCC[C@H]3CO)[C@@H]([Si](C)(C)O)[C@@H]2C)c2cc(N3CCCCC3=O)ccc21. The molecule has 39 heavy (non-hydrogen) atoms. The maximum absolute atomic E-state index is 14.3. The molecular weight excluding hydrogens is 514 g/mol. The lowest BCUT2D eigenvalue weighted by Gasteiger charge is -2.33. The van der Waals surface area contributed by atoms with Gasteiger partial charge < -0.3 is 29.3 Å². The molecule has 0 saturated carbocycles. The number of aliphatic hydroxyl groups is 1. The predicted molar refractivity (Wildman–Crippen MR) is 151 cm³/mol. The first kappa shape index (κ1) is 28.0. The van der Waals surface area contributed by atoms with Crippen LogP contribution in [0.1, 0.15) is 51.0 Å². The standard InChI is InChI=1S/C29H41N3O6Si/c1-5-13-32-23-12-11-20(30-14-7-6-10-25(30)34)16-22(23)29(28(32)36)19(2)27(39(3,4)37)24(38-29)17-26(35)31-15-8-9-21(31)18-33/h5,11-12,16,19,21,24,27,33,37H,1,6-10,13-15,17-18H2,2-4H3/t19-,21-,24+,27-,29+/m0/s1. The van der Waals surface area contributed by atoms with E-state index < -0.39 is 25.9 Å². The molecule has 212 valence electrons. The van der Waals surface area contributed by atoms with Crippen LogP contribution in [0.2, 0.25) is 18.6 Å². The van der Waals surface area contributed by atoms with E-state index in [0.717, 1.165) is 31.4 Å². The van der Waals surface area contributed by atoms with Crippen molar-refractivity contribution in [1.29, 1.82) is 0 Å². The van der Waals surface area contributed by atoms with Gasteiger partial charge in [-0.05, 0) is 57.0 Å². The number of hydrogen-bond acceptors (Lipinski definition) is 6. The third kappa shape index (κ3) is 4.55. The molecule has 10 heteroatoms. The van der Waals surface area contributed by atoms with Crippen molar-refractivity contribution in [2.24, 2.45) is 5.92 Å². The number of ether oxygens (including phenoxy) is 1. The molecule has 1 aromatic rings. The number of benzene rings is 1. The van der Waals surface area contributed by atoms with Crippen LogP contribution in [0, 0.1) is 5.92 Å². The Balaban J connectivity index is 1.57. The molecule has 0 aromatic heterocycles. The number of fused-ring (bicyclic) bond motifs is 2. The summed E-state index contributed by atoms with van der Waals surface area (Å²) in [7, 11) is -2.92. The first-order valence-electron chi connectivity index (χ1n) is 14.2. The fourth-order valence-electron chi connectivity index (χ4n) is 7.47. The largest absolute Gasteiger partial charge is 0.432 e. The maximum Gasteiger partial charge on any atom is 0.264 e. The molecule has 0 bridgehead atoms. The maximum atomic E-state index is 14.3. The van der Waals surface area contributed by atoms with Crippen molar-refractivity contribution < 1.29 is 29.0 Å². The zero-order valence-corrected chi connectivity index (χ0v) is 24.3. The second kappa shape index (κ2) is 10.5. The Morgan fingerprint density at radius 1 is 1.23 bits per heavy atom. The van der Waals surface area contributed by atoms with Crippen LogP contribution in [0.25, 0.3) is 0 Å². The van der Waals surface area contributed by atoms with Gasteiger partial charge in [-0.2, -0.15) is 0 Å². The fraction of sp³-hybridized carbons (Fsp3) is 0.621. The van der Waals surface area contributed by atoms with E-state index in [1.54, 1.807) is 20.8 Å². The quantitative estimate of drug-likeness (QED) is 0.396. The van der Waals surface area contributed by atoms with Crippen molar-refractivity contribution in [3.8, 4) is 0 Å². The first-order chi connectivity index (χ1) is 18.5. The molecule has 4 aliphatic heterocycles. The van der Waals surface area contributed by atoms with Crippen molar-refractivity contribution in [3.05, 3.63) is 36.4 Å². The van der Waals surface area contributed by atoms with Gasteiger partial charge in [-0.1, -0.05) is 13.0 Å². The molecule has 1 aromatic carbocycles. The topological polar surface area (TPSA) is 111 Å². The molecule has 3 amide bonds. The van der Waals surface area contributed by atoms with Crippen molar-refractivity contribution in [2.75, 3.05) is 36.0 Å². The number of carbonyl (C=O) groups excluding carboxylic acids is 3. The van der Waals surface area contributed by atoms with Crippen molar-refractivity contribution >= 4 is 37.4 Å². The minimum Gasteiger partial charge on any atom is -0.432 e. The van der Waals surface area contributed by atoms with Crippen molar-refractivity contribution in [1.82, 2.24) is 4.90 Å². The monoisotopic (exact) mass is 555 g/mol.